The molecule has 0 radical (unpaired) electrons. The minimum absolute atomic E-state index is 0.0154. The van der Waals surface area contributed by atoms with Crippen LogP contribution in [-0.4, -0.2) is 71.0 Å². The van der Waals surface area contributed by atoms with Crippen LogP contribution >= 0.6 is 11.5 Å². The van der Waals surface area contributed by atoms with Gasteiger partial charge in [-0.3, -0.25) is 9.11 Å². The second-order valence-electron chi connectivity index (χ2n) is 7.42. The lowest BCUT2D eigenvalue weighted by Gasteiger charge is -2.15. The number of carboxylic acids is 1. The molecule has 2 aromatic heterocycles. The summed E-state index contributed by atoms with van der Waals surface area (Å²) in [6, 6.07) is 6.22. The molecule has 0 fully saturated rings. The number of carbonyl (C=O) groups is 1. The number of pyridine rings is 1. The fourth-order valence-corrected chi connectivity index (χ4v) is 4.43. The summed E-state index contributed by atoms with van der Waals surface area (Å²) in [6.07, 6.45) is 0. The van der Waals surface area contributed by atoms with E-state index in [1.807, 2.05) is 6.07 Å². The van der Waals surface area contributed by atoms with Gasteiger partial charge in [0.2, 0.25) is 0 Å². The molecule has 0 amide bonds. The number of aromatic nitrogens is 2. The third-order valence-corrected chi connectivity index (χ3v) is 6.98. The lowest BCUT2D eigenvalue weighted by Crippen LogP contribution is -2.18. The number of rotatable bonds is 11. The molecule has 0 spiro atoms. The molecule has 37 heavy (non-hydrogen) atoms. The Morgan fingerprint density at radius 1 is 1.08 bits per heavy atom. The number of nitrogens with one attached hydrogen (secondary N) is 2. The molecule has 0 unspecified atom stereocenters. The van der Waals surface area contributed by atoms with E-state index in [9.17, 15) is 32.0 Å². The number of hydrogen-bond acceptors (Lipinski definition) is 13. The number of azo groups is 1. The van der Waals surface area contributed by atoms with Crippen LogP contribution in [0.4, 0.5) is 22.3 Å². The van der Waals surface area contributed by atoms with Gasteiger partial charge in [0.25, 0.3) is 20.2 Å². The Labute approximate surface area is 214 Å². The van der Waals surface area contributed by atoms with E-state index < -0.39 is 37.7 Å². The highest BCUT2D eigenvalue weighted by molar-refractivity contribution is 7.86. The molecule has 18 heteroatoms. The highest BCUT2D eigenvalue weighted by atomic mass is 32.2. The number of aromatic carboxylic acids is 1. The quantitative estimate of drug-likeness (QED) is 0.165. The average molecular weight is 570 g/mol. The summed E-state index contributed by atoms with van der Waals surface area (Å²) in [6.45, 7) is 0.920. The minimum atomic E-state index is -4.32. The predicted octanol–water partition coefficient (Wildman–Crippen LogP) is 2.58. The van der Waals surface area contributed by atoms with Crippen molar-refractivity contribution >= 4 is 71.0 Å². The van der Waals surface area contributed by atoms with Crippen molar-refractivity contribution in [1.82, 2.24) is 9.36 Å². The Kier molecular flexibility index (Phi) is 8.35. The SMILES string of the molecule is Cc1c(C#N)c(NCCS(=O)(=O)O)nc(NCCS(=O)(=O)O)c1/N=N/c1snc2ccc(C(=O)O)cc12. The topological polar surface area (TPSA) is 244 Å². The molecule has 0 aliphatic heterocycles. The van der Waals surface area contributed by atoms with Crippen molar-refractivity contribution in [3.8, 4) is 6.07 Å². The second-order valence-corrected chi connectivity index (χ2v) is 11.3. The Balaban J connectivity index is 2.05. The Morgan fingerprint density at radius 3 is 2.27 bits per heavy atom. The van der Waals surface area contributed by atoms with Gasteiger partial charge in [-0.05, 0) is 36.7 Å². The first-order valence-electron chi connectivity index (χ1n) is 10.2. The van der Waals surface area contributed by atoms with E-state index in [1.165, 1.54) is 25.1 Å². The molecule has 0 aliphatic rings. The summed E-state index contributed by atoms with van der Waals surface area (Å²) < 4.78 is 66.5. The van der Waals surface area contributed by atoms with Crippen LogP contribution < -0.4 is 10.6 Å². The van der Waals surface area contributed by atoms with Crippen LogP contribution in [0.1, 0.15) is 21.5 Å². The maximum absolute atomic E-state index is 11.3. The standard InChI is InChI=1S/C19H19N7O8S3/c1-10-13(9-20)16(21-4-6-36(29,30)31)23-17(22-5-7-37(32,33)34)15(10)24-25-18-12-8-11(19(27)28)2-3-14(12)26-35-18/h2-3,8H,4-7H2,1H3,(H,27,28)(H2,21,22,23)(H,29,30,31)(H,32,33,34)/b25-24+. The molecule has 2 heterocycles. The molecule has 0 saturated carbocycles. The van der Waals surface area contributed by atoms with Crippen molar-refractivity contribution < 1.29 is 35.8 Å². The van der Waals surface area contributed by atoms with Gasteiger partial charge >= 0.3 is 5.97 Å². The van der Waals surface area contributed by atoms with Crippen molar-refractivity contribution in [2.24, 2.45) is 10.2 Å². The molecule has 196 valence electrons. The van der Waals surface area contributed by atoms with Crippen molar-refractivity contribution in [2.45, 2.75) is 6.92 Å². The van der Waals surface area contributed by atoms with Crippen LogP contribution in [0.2, 0.25) is 0 Å². The number of nitrogens with zero attached hydrogens (tertiary/aromatic N) is 5. The average Bonchev–Trinajstić information content (AvgIpc) is 3.19. The maximum Gasteiger partial charge on any atom is 0.335 e. The normalized spacial score (nSPS) is 12.1. The van der Waals surface area contributed by atoms with Gasteiger partial charge < -0.3 is 15.7 Å². The lowest BCUT2D eigenvalue weighted by molar-refractivity contribution is 0.0697. The maximum atomic E-state index is 11.3. The number of carboxylic acid groups (broad SMARTS) is 1. The molecule has 0 bridgehead atoms. The van der Waals surface area contributed by atoms with Crippen LogP contribution in [0.25, 0.3) is 10.9 Å². The Hall–Kier alpha value is -3.76. The van der Waals surface area contributed by atoms with Gasteiger partial charge in [0.05, 0.1) is 28.1 Å². The first-order valence-corrected chi connectivity index (χ1v) is 14.2. The first kappa shape index (κ1) is 27.8. The molecule has 0 atom stereocenters. The molecule has 0 aliphatic carbocycles. The van der Waals surface area contributed by atoms with Crippen LogP contribution in [0, 0.1) is 18.3 Å². The molecular weight excluding hydrogens is 550 g/mol. The highest BCUT2D eigenvalue weighted by Gasteiger charge is 2.19. The van der Waals surface area contributed by atoms with Crippen LogP contribution in [0.3, 0.4) is 0 Å². The minimum Gasteiger partial charge on any atom is -0.478 e. The fraction of sp³-hybridized carbons (Fsp3) is 0.263. The van der Waals surface area contributed by atoms with Crippen LogP contribution in [0.15, 0.2) is 28.4 Å². The molecule has 15 nitrogen and oxygen atoms in total. The summed E-state index contributed by atoms with van der Waals surface area (Å²) in [5.74, 6) is -2.59. The number of anilines is 2. The molecule has 5 N–H and O–H groups in total. The smallest absolute Gasteiger partial charge is 0.335 e. The van der Waals surface area contributed by atoms with E-state index in [0.29, 0.717) is 10.9 Å². The van der Waals surface area contributed by atoms with Crippen LogP contribution in [0.5, 0.6) is 0 Å². The first-order chi connectivity index (χ1) is 17.3. The Morgan fingerprint density at radius 2 is 1.70 bits per heavy atom. The third-order valence-electron chi connectivity index (χ3n) is 4.78. The van der Waals surface area contributed by atoms with E-state index in [0.717, 1.165) is 11.5 Å². The largest absolute Gasteiger partial charge is 0.478 e. The highest BCUT2D eigenvalue weighted by Crippen LogP contribution is 2.37. The van der Waals surface area contributed by atoms with Gasteiger partial charge in [-0.25, -0.2) is 9.78 Å². The summed E-state index contributed by atoms with van der Waals surface area (Å²) in [7, 11) is -8.61. The second kappa shape index (κ2) is 11.1. The van der Waals surface area contributed by atoms with Crippen molar-refractivity contribution in [3.05, 3.63) is 34.9 Å². The van der Waals surface area contributed by atoms with Gasteiger partial charge in [-0.15, -0.1) is 10.2 Å². The summed E-state index contributed by atoms with van der Waals surface area (Å²) in [5.41, 5.74) is 0.753. The zero-order valence-electron chi connectivity index (χ0n) is 18.9. The van der Waals surface area contributed by atoms with Gasteiger partial charge in [0.1, 0.15) is 17.6 Å². The predicted molar refractivity (Wildman–Crippen MR) is 134 cm³/mol. The number of hydrogen-bond donors (Lipinski definition) is 5. The van der Waals surface area contributed by atoms with E-state index >= 15 is 0 Å². The van der Waals surface area contributed by atoms with E-state index in [4.69, 9.17) is 9.11 Å². The molecule has 3 aromatic rings. The van der Waals surface area contributed by atoms with Gasteiger partial charge in [0.15, 0.2) is 10.8 Å². The van der Waals surface area contributed by atoms with E-state index in [1.54, 1.807) is 0 Å². The number of fused-ring (bicyclic) bond motifs is 1. The molecule has 3 rings (SSSR count). The van der Waals surface area contributed by atoms with Crippen molar-refractivity contribution in [2.75, 3.05) is 35.2 Å². The lowest BCUT2D eigenvalue weighted by atomic mass is 10.1. The van der Waals surface area contributed by atoms with Gasteiger partial charge in [-0.2, -0.15) is 26.5 Å². The summed E-state index contributed by atoms with van der Waals surface area (Å²) in [5, 5.41) is 33.2. The molecule has 0 saturated heterocycles. The molecular formula is C19H19N7O8S3. The van der Waals surface area contributed by atoms with Crippen molar-refractivity contribution in [3.63, 3.8) is 0 Å². The summed E-state index contributed by atoms with van der Waals surface area (Å²) in [4.78, 5) is 15.5. The third kappa shape index (κ3) is 7.37. The zero-order valence-corrected chi connectivity index (χ0v) is 21.4. The number of benzene rings is 1. The fourth-order valence-electron chi connectivity index (χ4n) is 3.03. The van der Waals surface area contributed by atoms with Gasteiger partial charge in [0, 0.05) is 24.0 Å². The zero-order chi connectivity index (χ0) is 27.4. The van der Waals surface area contributed by atoms with E-state index in [2.05, 4.69) is 30.2 Å². The van der Waals surface area contributed by atoms with E-state index in [-0.39, 0.29) is 52.1 Å². The van der Waals surface area contributed by atoms with Gasteiger partial charge in [-0.1, -0.05) is 0 Å². The van der Waals surface area contributed by atoms with Crippen LogP contribution in [-0.2, 0) is 20.2 Å². The monoisotopic (exact) mass is 569 g/mol. The van der Waals surface area contributed by atoms with Crippen molar-refractivity contribution in [1.29, 1.82) is 5.26 Å². The summed E-state index contributed by atoms with van der Waals surface area (Å²) >= 11 is 0.947. The number of nitriles is 1. The molecule has 1 aromatic carbocycles. The Bertz CT molecular complexity index is 1640.